The second-order valence-electron chi connectivity index (χ2n) is 9.44. The molecule has 162 valence electrons. The highest BCUT2D eigenvalue weighted by Crippen LogP contribution is 2.42. The minimum Gasteiger partial charge on any atom is -0.465 e. The van der Waals surface area contributed by atoms with Gasteiger partial charge in [0.25, 0.3) is 0 Å². The number of hydrogen-bond acceptors (Lipinski definition) is 5. The Morgan fingerprint density at radius 1 is 1.27 bits per heavy atom. The van der Waals surface area contributed by atoms with Crippen molar-refractivity contribution in [2.75, 3.05) is 18.1 Å². The van der Waals surface area contributed by atoms with Gasteiger partial charge in [0, 0.05) is 36.4 Å². The number of carbonyl (C=O) groups is 3. The van der Waals surface area contributed by atoms with Crippen molar-refractivity contribution in [3.63, 3.8) is 0 Å². The quantitative estimate of drug-likeness (QED) is 0.751. The minimum absolute atomic E-state index is 0.0825. The molecule has 0 fully saturated rings. The van der Waals surface area contributed by atoms with Crippen LogP contribution in [0.25, 0.3) is 0 Å². The molecule has 1 atom stereocenters. The van der Waals surface area contributed by atoms with Crippen LogP contribution < -0.4 is 10.3 Å². The van der Waals surface area contributed by atoms with Crippen molar-refractivity contribution in [2.45, 2.75) is 59.8 Å². The molecule has 3 rings (SSSR count). The maximum Gasteiger partial charge on any atom is 0.305 e. The Bertz CT molecular complexity index is 919. The van der Waals surface area contributed by atoms with E-state index in [1.54, 1.807) is 6.92 Å². The lowest BCUT2D eigenvalue weighted by Crippen LogP contribution is -2.44. The summed E-state index contributed by atoms with van der Waals surface area (Å²) < 4.78 is 5.39. The third kappa shape index (κ3) is 3.98. The van der Waals surface area contributed by atoms with E-state index in [0.29, 0.717) is 12.3 Å². The maximum atomic E-state index is 12.7. The number of fused-ring (bicyclic) bond motifs is 1. The van der Waals surface area contributed by atoms with E-state index in [1.165, 1.54) is 0 Å². The van der Waals surface area contributed by atoms with Crippen LogP contribution in [0.3, 0.4) is 0 Å². The minimum atomic E-state index is -0.725. The average molecular weight is 414 g/mol. The molecule has 2 aliphatic rings. The summed E-state index contributed by atoms with van der Waals surface area (Å²) in [6.07, 6.45) is 0.461. The lowest BCUT2D eigenvalue weighted by atomic mass is 9.76. The van der Waals surface area contributed by atoms with E-state index in [-0.39, 0.29) is 48.6 Å². The van der Waals surface area contributed by atoms with Gasteiger partial charge in [-0.25, -0.2) is 5.43 Å². The number of hydrazone groups is 1. The van der Waals surface area contributed by atoms with Gasteiger partial charge in [-0.05, 0) is 23.3 Å². The summed E-state index contributed by atoms with van der Waals surface area (Å²) in [7, 11) is 0. The van der Waals surface area contributed by atoms with Gasteiger partial charge in [0.05, 0.1) is 11.1 Å². The van der Waals surface area contributed by atoms with Gasteiger partial charge in [-0.2, -0.15) is 5.10 Å². The highest BCUT2D eigenvalue weighted by molar-refractivity contribution is 6.09. The van der Waals surface area contributed by atoms with Crippen LogP contribution in [0.2, 0.25) is 0 Å². The molecule has 1 N–H and O–H groups in total. The number of benzene rings is 1. The fraction of sp³-hybridized carbons (Fsp3) is 0.565. The standard InChI is InChI=1S/C23H31N3O4/c1-7-19(28)30-13-23(6)11-18(27)24-25-20(23)15-8-9-17-16(10-15)22(4,5)12-26(17)21(29)14(2)3/h8-10,14H,7,11-13H2,1-6H3,(H,24,27). The second kappa shape index (κ2) is 7.85. The Hall–Kier alpha value is -2.70. The van der Waals surface area contributed by atoms with Crippen LogP contribution in [0.15, 0.2) is 23.3 Å². The van der Waals surface area contributed by atoms with Gasteiger partial charge in [-0.1, -0.05) is 47.6 Å². The topological polar surface area (TPSA) is 88.1 Å². The van der Waals surface area contributed by atoms with Gasteiger partial charge in [0.1, 0.15) is 6.61 Å². The van der Waals surface area contributed by atoms with Crippen molar-refractivity contribution in [3.05, 3.63) is 29.3 Å². The van der Waals surface area contributed by atoms with Gasteiger partial charge in [0.2, 0.25) is 11.8 Å². The maximum absolute atomic E-state index is 12.7. The van der Waals surface area contributed by atoms with Crippen LogP contribution in [0.4, 0.5) is 5.69 Å². The van der Waals surface area contributed by atoms with Crippen molar-refractivity contribution in [1.82, 2.24) is 5.43 Å². The molecule has 1 aromatic carbocycles. The van der Waals surface area contributed by atoms with Crippen LogP contribution in [0.5, 0.6) is 0 Å². The predicted molar refractivity (Wildman–Crippen MR) is 115 cm³/mol. The van der Waals surface area contributed by atoms with Crippen LogP contribution in [0.1, 0.15) is 65.5 Å². The van der Waals surface area contributed by atoms with Gasteiger partial charge in [-0.3, -0.25) is 14.4 Å². The lowest BCUT2D eigenvalue weighted by molar-refractivity contribution is -0.146. The van der Waals surface area contributed by atoms with Crippen molar-refractivity contribution >= 4 is 29.2 Å². The number of nitrogens with one attached hydrogen (secondary N) is 1. The molecule has 0 aromatic heterocycles. The Labute approximate surface area is 177 Å². The first-order valence-corrected chi connectivity index (χ1v) is 10.5. The SMILES string of the molecule is CCC(=O)OCC1(C)CC(=O)NN=C1c1ccc2c(c1)C(C)(C)CN2C(=O)C(C)C. The zero-order chi connectivity index (χ0) is 22.3. The Morgan fingerprint density at radius 2 is 1.97 bits per heavy atom. The van der Waals surface area contributed by atoms with E-state index in [0.717, 1.165) is 16.8 Å². The lowest BCUT2D eigenvalue weighted by Gasteiger charge is -2.33. The highest BCUT2D eigenvalue weighted by Gasteiger charge is 2.42. The number of hydrogen-bond donors (Lipinski definition) is 1. The van der Waals surface area contributed by atoms with Gasteiger partial charge in [-0.15, -0.1) is 0 Å². The molecule has 2 heterocycles. The van der Waals surface area contributed by atoms with E-state index in [2.05, 4.69) is 30.4 Å². The molecule has 0 saturated heterocycles. The summed E-state index contributed by atoms with van der Waals surface area (Å²) >= 11 is 0. The van der Waals surface area contributed by atoms with Crippen LogP contribution >= 0.6 is 0 Å². The normalized spacial score (nSPS) is 22.4. The first-order chi connectivity index (χ1) is 14.0. The molecule has 0 spiro atoms. The number of esters is 1. The largest absolute Gasteiger partial charge is 0.465 e. The number of anilines is 1. The van der Waals surface area contributed by atoms with E-state index in [1.807, 2.05) is 37.8 Å². The Morgan fingerprint density at radius 3 is 2.60 bits per heavy atom. The first-order valence-electron chi connectivity index (χ1n) is 10.5. The van der Waals surface area contributed by atoms with Crippen molar-refractivity contribution < 1.29 is 19.1 Å². The Kier molecular flexibility index (Phi) is 5.76. The number of rotatable bonds is 5. The van der Waals surface area contributed by atoms with Crippen molar-refractivity contribution in [1.29, 1.82) is 0 Å². The molecule has 30 heavy (non-hydrogen) atoms. The monoisotopic (exact) mass is 413 g/mol. The van der Waals surface area contributed by atoms with E-state index < -0.39 is 5.41 Å². The van der Waals surface area contributed by atoms with Crippen molar-refractivity contribution in [3.8, 4) is 0 Å². The molecule has 0 saturated carbocycles. The van der Waals surface area contributed by atoms with Crippen molar-refractivity contribution in [2.24, 2.45) is 16.4 Å². The molecule has 0 bridgehead atoms. The number of amides is 2. The van der Waals surface area contributed by atoms with E-state index in [4.69, 9.17) is 4.74 Å². The number of ether oxygens (including phenoxy) is 1. The van der Waals surface area contributed by atoms with E-state index >= 15 is 0 Å². The second-order valence-corrected chi connectivity index (χ2v) is 9.44. The predicted octanol–water partition coefficient (Wildman–Crippen LogP) is 3.15. The van der Waals surface area contributed by atoms with Crippen LogP contribution in [-0.2, 0) is 24.5 Å². The average Bonchev–Trinajstić information content (AvgIpc) is 2.96. The van der Waals surface area contributed by atoms with Gasteiger partial charge in [0.15, 0.2) is 0 Å². The zero-order valence-corrected chi connectivity index (χ0v) is 18.7. The fourth-order valence-electron chi connectivity index (χ4n) is 4.14. The molecule has 1 aromatic rings. The molecule has 2 aliphatic heterocycles. The third-order valence-electron chi connectivity index (χ3n) is 5.86. The molecule has 7 nitrogen and oxygen atoms in total. The molecular weight excluding hydrogens is 382 g/mol. The Balaban J connectivity index is 2.00. The molecule has 0 aliphatic carbocycles. The van der Waals surface area contributed by atoms with Crippen LogP contribution in [-0.4, -0.2) is 36.6 Å². The first kappa shape index (κ1) is 22.0. The summed E-state index contributed by atoms with van der Waals surface area (Å²) in [4.78, 5) is 38.3. The summed E-state index contributed by atoms with van der Waals surface area (Å²) in [5, 5.41) is 4.34. The van der Waals surface area contributed by atoms with Crippen LogP contribution in [0, 0.1) is 11.3 Å². The molecule has 7 heteroatoms. The summed E-state index contributed by atoms with van der Waals surface area (Å²) in [5.41, 5.74) is 5.15. The number of carbonyl (C=O) groups excluding carboxylic acids is 3. The highest BCUT2D eigenvalue weighted by atomic mass is 16.5. The fourth-order valence-corrected chi connectivity index (χ4v) is 4.14. The third-order valence-corrected chi connectivity index (χ3v) is 5.86. The summed E-state index contributed by atoms with van der Waals surface area (Å²) in [6, 6.07) is 5.94. The zero-order valence-electron chi connectivity index (χ0n) is 18.7. The molecule has 2 amide bonds. The van der Waals surface area contributed by atoms with E-state index in [9.17, 15) is 14.4 Å². The molecule has 0 radical (unpaired) electrons. The number of nitrogens with zero attached hydrogens (tertiary/aromatic N) is 2. The summed E-state index contributed by atoms with van der Waals surface area (Å²) in [6.45, 7) is 12.4. The summed E-state index contributed by atoms with van der Waals surface area (Å²) in [5.74, 6) is -0.488. The smallest absolute Gasteiger partial charge is 0.305 e. The molecular formula is C23H31N3O4. The van der Waals surface area contributed by atoms with Gasteiger partial charge >= 0.3 is 5.97 Å². The van der Waals surface area contributed by atoms with Gasteiger partial charge < -0.3 is 9.64 Å². The molecule has 1 unspecified atom stereocenters.